The number of benzene rings is 1. The fourth-order valence-electron chi connectivity index (χ4n) is 1.71. The van der Waals surface area contributed by atoms with Crippen molar-refractivity contribution in [3.8, 4) is 0 Å². The van der Waals surface area contributed by atoms with Gasteiger partial charge in [-0.25, -0.2) is 8.42 Å². The molecule has 0 atom stereocenters. The molecular formula is C13H22N2O3S. The predicted molar refractivity (Wildman–Crippen MR) is 76.4 cm³/mol. The molecule has 0 heterocycles. The summed E-state index contributed by atoms with van der Waals surface area (Å²) in [6.45, 7) is 6.53. The van der Waals surface area contributed by atoms with Crippen LogP contribution in [-0.2, 0) is 10.0 Å². The van der Waals surface area contributed by atoms with E-state index in [-0.39, 0.29) is 17.2 Å². The molecule has 5 nitrogen and oxygen atoms in total. The number of aliphatic hydroxyl groups excluding tert-OH is 1. The van der Waals surface area contributed by atoms with Crippen LogP contribution in [0.5, 0.6) is 0 Å². The largest absolute Gasteiger partial charge is 0.397 e. The Morgan fingerprint density at radius 1 is 1.26 bits per heavy atom. The number of hydrogen-bond acceptors (Lipinski definition) is 4. The summed E-state index contributed by atoms with van der Waals surface area (Å²) in [6.07, 6.45) is 0. The first-order chi connectivity index (χ1) is 8.55. The van der Waals surface area contributed by atoms with E-state index >= 15 is 0 Å². The highest BCUT2D eigenvalue weighted by Crippen LogP contribution is 2.31. The van der Waals surface area contributed by atoms with E-state index in [1.165, 1.54) is 7.05 Å². The Morgan fingerprint density at radius 2 is 1.74 bits per heavy atom. The monoisotopic (exact) mass is 286 g/mol. The van der Waals surface area contributed by atoms with Crippen molar-refractivity contribution in [1.29, 1.82) is 0 Å². The van der Waals surface area contributed by atoms with E-state index in [1.807, 2.05) is 0 Å². The first kappa shape index (κ1) is 15.9. The van der Waals surface area contributed by atoms with Gasteiger partial charge in [0, 0.05) is 7.05 Å². The van der Waals surface area contributed by atoms with Crippen LogP contribution in [0.15, 0.2) is 17.0 Å². The van der Waals surface area contributed by atoms with Crippen LogP contribution in [0.1, 0.15) is 25.0 Å². The SMILES string of the molecule is Cc1ccc(C)c(S(=O)(=O)N(C)C(C)(C)CO)c1N. The number of rotatable bonds is 4. The number of sulfonamides is 1. The van der Waals surface area contributed by atoms with Gasteiger partial charge in [0.25, 0.3) is 0 Å². The zero-order valence-electron chi connectivity index (χ0n) is 12.1. The molecule has 0 bridgehead atoms. The lowest BCUT2D eigenvalue weighted by Gasteiger charge is -2.33. The van der Waals surface area contributed by atoms with Gasteiger partial charge in [-0.05, 0) is 38.8 Å². The van der Waals surface area contributed by atoms with Crippen molar-refractivity contribution in [3.05, 3.63) is 23.3 Å². The Balaban J connectivity index is 3.49. The van der Waals surface area contributed by atoms with Gasteiger partial charge >= 0.3 is 0 Å². The van der Waals surface area contributed by atoms with Gasteiger partial charge in [-0.15, -0.1) is 0 Å². The Hall–Kier alpha value is -1.11. The maximum atomic E-state index is 12.7. The molecule has 3 N–H and O–H groups in total. The molecule has 0 aliphatic rings. The first-order valence-electron chi connectivity index (χ1n) is 6.01. The summed E-state index contributed by atoms with van der Waals surface area (Å²) in [6, 6.07) is 3.53. The number of nitrogens with zero attached hydrogens (tertiary/aromatic N) is 1. The quantitative estimate of drug-likeness (QED) is 0.817. The lowest BCUT2D eigenvalue weighted by molar-refractivity contribution is 0.138. The van der Waals surface area contributed by atoms with Crippen LogP contribution in [0, 0.1) is 13.8 Å². The molecule has 6 heteroatoms. The van der Waals surface area contributed by atoms with E-state index in [4.69, 9.17) is 5.73 Å². The summed E-state index contributed by atoms with van der Waals surface area (Å²) in [5, 5.41) is 9.33. The van der Waals surface area contributed by atoms with Gasteiger partial charge in [-0.2, -0.15) is 4.31 Å². The van der Waals surface area contributed by atoms with E-state index < -0.39 is 15.6 Å². The second-order valence-corrected chi connectivity index (χ2v) is 7.29. The molecule has 0 fully saturated rings. The van der Waals surface area contributed by atoms with Crippen molar-refractivity contribution < 1.29 is 13.5 Å². The normalized spacial score (nSPS) is 13.0. The molecule has 0 spiro atoms. The Bertz CT molecular complexity index is 580. The van der Waals surface area contributed by atoms with Crippen molar-refractivity contribution in [1.82, 2.24) is 4.31 Å². The first-order valence-corrected chi connectivity index (χ1v) is 7.45. The Kier molecular flexibility index (Phi) is 4.29. The van der Waals surface area contributed by atoms with Crippen LogP contribution < -0.4 is 5.73 Å². The molecule has 0 saturated carbocycles. The average Bonchev–Trinajstić information content (AvgIpc) is 2.33. The van der Waals surface area contributed by atoms with E-state index in [1.54, 1.807) is 39.8 Å². The van der Waals surface area contributed by atoms with Crippen LogP contribution >= 0.6 is 0 Å². The molecule has 0 radical (unpaired) electrons. The highest BCUT2D eigenvalue weighted by Gasteiger charge is 2.35. The third-order valence-electron chi connectivity index (χ3n) is 3.47. The van der Waals surface area contributed by atoms with Gasteiger partial charge in [0.05, 0.1) is 17.8 Å². The standard InChI is InChI=1S/C13H22N2O3S/c1-9-6-7-10(2)12(11(9)14)19(17,18)15(5)13(3,4)8-16/h6-7,16H,8,14H2,1-5H3. The summed E-state index contributed by atoms with van der Waals surface area (Å²) in [5.41, 5.74) is 6.62. The number of likely N-dealkylation sites (N-methyl/N-ethyl adjacent to an activating group) is 1. The molecular weight excluding hydrogens is 264 g/mol. The average molecular weight is 286 g/mol. The number of anilines is 1. The zero-order valence-corrected chi connectivity index (χ0v) is 12.9. The minimum absolute atomic E-state index is 0.122. The molecule has 1 aromatic rings. The highest BCUT2D eigenvalue weighted by molar-refractivity contribution is 7.89. The molecule has 19 heavy (non-hydrogen) atoms. The van der Waals surface area contributed by atoms with Crippen molar-refractivity contribution in [2.75, 3.05) is 19.4 Å². The van der Waals surface area contributed by atoms with E-state index in [0.29, 0.717) is 5.56 Å². The zero-order chi connectivity index (χ0) is 15.0. The van der Waals surface area contributed by atoms with E-state index in [2.05, 4.69) is 0 Å². The number of nitrogen functional groups attached to an aromatic ring is 1. The van der Waals surface area contributed by atoms with Gasteiger partial charge in [0.2, 0.25) is 10.0 Å². The lowest BCUT2D eigenvalue weighted by atomic mass is 10.1. The van der Waals surface area contributed by atoms with Crippen LogP contribution in [0.3, 0.4) is 0 Å². The molecule has 1 aromatic carbocycles. The summed E-state index contributed by atoms with van der Waals surface area (Å²) < 4.78 is 26.5. The fourth-order valence-corrected chi connectivity index (χ4v) is 3.61. The third kappa shape index (κ3) is 2.75. The maximum absolute atomic E-state index is 12.7. The molecule has 108 valence electrons. The molecule has 0 saturated heterocycles. The van der Waals surface area contributed by atoms with Crippen molar-refractivity contribution in [2.45, 2.75) is 38.1 Å². The minimum atomic E-state index is -3.74. The second kappa shape index (κ2) is 5.11. The number of aliphatic hydroxyl groups is 1. The summed E-state index contributed by atoms with van der Waals surface area (Å²) in [7, 11) is -2.29. The molecule has 0 aliphatic heterocycles. The van der Waals surface area contributed by atoms with Gasteiger partial charge < -0.3 is 10.8 Å². The number of aryl methyl sites for hydroxylation is 2. The van der Waals surface area contributed by atoms with Crippen molar-refractivity contribution in [3.63, 3.8) is 0 Å². The van der Waals surface area contributed by atoms with Gasteiger partial charge in [0.1, 0.15) is 4.90 Å². The summed E-state index contributed by atoms with van der Waals surface area (Å²) >= 11 is 0. The number of nitrogens with two attached hydrogens (primary N) is 1. The van der Waals surface area contributed by atoms with Gasteiger partial charge in [0.15, 0.2) is 0 Å². The summed E-state index contributed by atoms with van der Waals surface area (Å²) in [5.74, 6) is 0. The fraction of sp³-hybridized carbons (Fsp3) is 0.538. The van der Waals surface area contributed by atoms with Crippen LogP contribution in [0.4, 0.5) is 5.69 Å². The van der Waals surface area contributed by atoms with Gasteiger partial charge in [-0.3, -0.25) is 0 Å². The van der Waals surface area contributed by atoms with Crippen molar-refractivity contribution in [2.24, 2.45) is 0 Å². The van der Waals surface area contributed by atoms with Crippen LogP contribution in [-0.4, -0.2) is 37.0 Å². The Morgan fingerprint density at radius 3 is 2.21 bits per heavy atom. The highest BCUT2D eigenvalue weighted by atomic mass is 32.2. The molecule has 0 unspecified atom stereocenters. The van der Waals surface area contributed by atoms with Crippen LogP contribution in [0.25, 0.3) is 0 Å². The second-order valence-electron chi connectivity index (χ2n) is 5.39. The summed E-state index contributed by atoms with van der Waals surface area (Å²) in [4.78, 5) is 0.122. The topological polar surface area (TPSA) is 83.6 Å². The molecule has 0 aromatic heterocycles. The Labute approximate surface area is 115 Å². The van der Waals surface area contributed by atoms with Crippen LogP contribution in [0.2, 0.25) is 0 Å². The maximum Gasteiger partial charge on any atom is 0.245 e. The molecule has 0 aliphatic carbocycles. The van der Waals surface area contributed by atoms with E-state index in [0.717, 1.165) is 9.87 Å². The van der Waals surface area contributed by atoms with Gasteiger partial charge in [-0.1, -0.05) is 12.1 Å². The lowest BCUT2D eigenvalue weighted by Crippen LogP contribution is -2.47. The third-order valence-corrected chi connectivity index (χ3v) is 5.74. The minimum Gasteiger partial charge on any atom is -0.397 e. The molecule has 0 amide bonds. The predicted octanol–water partition coefficient (Wildman–Crippen LogP) is 1.28. The van der Waals surface area contributed by atoms with E-state index in [9.17, 15) is 13.5 Å². The number of hydrogen-bond donors (Lipinski definition) is 2. The smallest absolute Gasteiger partial charge is 0.245 e. The molecule has 1 rings (SSSR count). The van der Waals surface area contributed by atoms with Crippen molar-refractivity contribution >= 4 is 15.7 Å².